The molecule has 1 aromatic rings. The van der Waals surface area contributed by atoms with Crippen molar-refractivity contribution in [2.24, 2.45) is 0 Å². The van der Waals surface area contributed by atoms with E-state index in [2.05, 4.69) is 10.6 Å². The molecule has 1 rings (SSSR count). The van der Waals surface area contributed by atoms with Crippen molar-refractivity contribution in [3.8, 4) is 0 Å². The molecular weight excluding hydrogens is 312 g/mol. The summed E-state index contributed by atoms with van der Waals surface area (Å²) in [6.45, 7) is 2.55. The molecule has 1 unspecified atom stereocenters. The van der Waals surface area contributed by atoms with Gasteiger partial charge in [0.05, 0.1) is 5.69 Å². The fourth-order valence-corrected chi connectivity index (χ4v) is 4.14. The van der Waals surface area contributed by atoms with E-state index in [-0.39, 0.29) is 21.5 Å². The third-order valence-electron chi connectivity index (χ3n) is 3.14. The van der Waals surface area contributed by atoms with Crippen LogP contribution in [-0.2, 0) is 9.84 Å². The zero-order valence-electron chi connectivity index (χ0n) is 12.9. The van der Waals surface area contributed by atoms with Gasteiger partial charge < -0.3 is 21.3 Å². The Morgan fingerprint density at radius 3 is 2.43 bits per heavy atom. The van der Waals surface area contributed by atoms with Crippen molar-refractivity contribution in [3.63, 3.8) is 0 Å². The van der Waals surface area contributed by atoms with E-state index in [1.165, 1.54) is 7.05 Å². The minimum absolute atomic E-state index is 0.00172. The molecule has 1 aromatic heterocycles. The molecule has 0 fully saturated rings. The third kappa shape index (κ3) is 4.08. The first-order valence-electron chi connectivity index (χ1n) is 6.34. The number of anilines is 2. The lowest BCUT2D eigenvalue weighted by atomic mass is 10.3. The second kappa shape index (κ2) is 6.63. The number of amides is 1. The second-order valence-electron chi connectivity index (χ2n) is 5.05. The van der Waals surface area contributed by atoms with Crippen LogP contribution >= 0.6 is 11.3 Å². The van der Waals surface area contributed by atoms with E-state index in [9.17, 15) is 13.2 Å². The molecular formula is C12H22N4O3S2. The van der Waals surface area contributed by atoms with Crippen molar-refractivity contribution in [1.29, 1.82) is 0 Å². The number of likely N-dealkylation sites (N-methyl/N-ethyl adjacent to an activating group) is 1. The Morgan fingerprint density at radius 1 is 1.43 bits per heavy atom. The van der Waals surface area contributed by atoms with Crippen LogP contribution in [0.2, 0.25) is 0 Å². The van der Waals surface area contributed by atoms with Crippen LogP contribution in [0.4, 0.5) is 10.7 Å². The number of nitrogens with two attached hydrogens (primary N) is 1. The summed E-state index contributed by atoms with van der Waals surface area (Å²) in [5, 5.41) is 5.94. The van der Waals surface area contributed by atoms with Gasteiger partial charge in [-0.3, -0.25) is 4.79 Å². The molecule has 0 radical (unpaired) electrons. The van der Waals surface area contributed by atoms with Gasteiger partial charge >= 0.3 is 0 Å². The summed E-state index contributed by atoms with van der Waals surface area (Å²) in [6.07, 6.45) is 1.08. The number of sulfone groups is 1. The molecule has 0 aliphatic heterocycles. The number of rotatable bonds is 6. The molecule has 21 heavy (non-hydrogen) atoms. The fraction of sp³-hybridized carbons (Fsp3) is 0.583. The van der Waals surface area contributed by atoms with Gasteiger partial charge in [-0.1, -0.05) is 0 Å². The van der Waals surface area contributed by atoms with Gasteiger partial charge in [0.2, 0.25) is 0 Å². The third-order valence-corrected chi connectivity index (χ3v) is 5.60. The average molecular weight is 334 g/mol. The predicted molar refractivity (Wildman–Crippen MR) is 86.9 cm³/mol. The van der Waals surface area contributed by atoms with E-state index in [0.717, 1.165) is 17.6 Å². The van der Waals surface area contributed by atoms with Crippen LogP contribution in [0.1, 0.15) is 16.6 Å². The smallest absolute Gasteiger partial charge is 0.263 e. The molecule has 1 atom stereocenters. The number of nitrogen functional groups attached to an aromatic ring is 1. The number of hydrogen-bond acceptors (Lipinski definition) is 7. The maximum absolute atomic E-state index is 11.9. The average Bonchev–Trinajstić information content (AvgIpc) is 2.71. The Labute approximate surface area is 129 Å². The number of carbonyl (C=O) groups is 1. The van der Waals surface area contributed by atoms with E-state index in [1.807, 2.05) is 25.9 Å². The van der Waals surface area contributed by atoms with Crippen LogP contribution in [0.3, 0.4) is 0 Å². The highest BCUT2D eigenvalue weighted by atomic mass is 32.2. The number of nitrogens with one attached hydrogen (secondary N) is 2. The summed E-state index contributed by atoms with van der Waals surface area (Å²) in [4.78, 5) is 14.0. The van der Waals surface area contributed by atoms with Gasteiger partial charge in [-0.25, -0.2) is 8.42 Å². The maximum Gasteiger partial charge on any atom is 0.263 e. The van der Waals surface area contributed by atoms with Gasteiger partial charge in [-0.05, 0) is 21.0 Å². The Hall–Kier alpha value is -1.32. The Morgan fingerprint density at radius 2 is 2.00 bits per heavy atom. The summed E-state index contributed by atoms with van der Waals surface area (Å²) >= 11 is 1.05. The quantitative estimate of drug-likeness (QED) is 0.698. The SMILES string of the molecule is CNC(=O)c1sc(NCC(C)N(C)C)c(S(C)(=O)=O)c1N. The first-order chi connectivity index (χ1) is 9.59. The van der Waals surface area contributed by atoms with Crippen molar-refractivity contribution >= 4 is 37.8 Å². The lowest BCUT2D eigenvalue weighted by molar-refractivity contribution is 0.0968. The molecule has 4 N–H and O–H groups in total. The molecule has 0 aliphatic carbocycles. The summed E-state index contributed by atoms with van der Waals surface area (Å²) in [7, 11) is 1.82. The summed E-state index contributed by atoms with van der Waals surface area (Å²) in [5.41, 5.74) is 5.85. The van der Waals surface area contributed by atoms with Crippen LogP contribution < -0.4 is 16.4 Å². The van der Waals surface area contributed by atoms with Gasteiger partial charge in [0.25, 0.3) is 5.91 Å². The lowest BCUT2D eigenvalue weighted by Crippen LogP contribution is -2.31. The Balaban J connectivity index is 3.21. The molecule has 0 spiro atoms. The molecule has 0 saturated heterocycles. The lowest BCUT2D eigenvalue weighted by Gasteiger charge is -2.20. The molecule has 0 saturated carbocycles. The van der Waals surface area contributed by atoms with Crippen molar-refractivity contribution in [1.82, 2.24) is 10.2 Å². The van der Waals surface area contributed by atoms with Crippen LogP contribution in [0.15, 0.2) is 4.90 Å². The number of hydrogen-bond donors (Lipinski definition) is 3. The highest BCUT2D eigenvalue weighted by Gasteiger charge is 2.26. The van der Waals surface area contributed by atoms with Crippen LogP contribution in [0.5, 0.6) is 0 Å². The number of carbonyl (C=O) groups excluding carboxylic acids is 1. The molecule has 120 valence electrons. The highest BCUT2D eigenvalue weighted by Crippen LogP contribution is 2.39. The largest absolute Gasteiger partial charge is 0.396 e. The fourth-order valence-electron chi connectivity index (χ4n) is 1.62. The van der Waals surface area contributed by atoms with Crippen molar-refractivity contribution in [2.45, 2.75) is 17.9 Å². The normalized spacial score (nSPS) is 13.2. The summed E-state index contributed by atoms with van der Waals surface area (Å²) in [5.74, 6) is -0.392. The van der Waals surface area contributed by atoms with Gasteiger partial charge in [0, 0.05) is 25.9 Å². The van der Waals surface area contributed by atoms with Crippen molar-refractivity contribution in [2.75, 3.05) is 45.0 Å². The molecule has 0 aromatic carbocycles. The highest BCUT2D eigenvalue weighted by molar-refractivity contribution is 7.91. The van der Waals surface area contributed by atoms with E-state index < -0.39 is 15.7 Å². The van der Waals surface area contributed by atoms with Crippen molar-refractivity contribution < 1.29 is 13.2 Å². The van der Waals surface area contributed by atoms with Crippen molar-refractivity contribution in [3.05, 3.63) is 4.88 Å². The Kier molecular flexibility index (Phi) is 5.60. The molecule has 1 amide bonds. The van der Waals surface area contributed by atoms with E-state index >= 15 is 0 Å². The number of thiophene rings is 1. The predicted octanol–water partition coefficient (Wildman–Crippen LogP) is 0.455. The van der Waals surface area contributed by atoms with Crippen LogP contribution in [0.25, 0.3) is 0 Å². The van der Waals surface area contributed by atoms with Gasteiger partial charge in [-0.15, -0.1) is 11.3 Å². The van der Waals surface area contributed by atoms with E-state index in [4.69, 9.17) is 5.73 Å². The van der Waals surface area contributed by atoms with Gasteiger partial charge in [0.1, 0.15) is 14.8 Å². The Bertz CT molecular complexity index is 623. The van der Waals surface area contributed by atoms with Gasteiger partial charge in [-0.2, -0.15) is 0 Å². The molecule has 0 aliphatic rings. The first-order valence-corrected chi connectivity index (χ1v) is 9.05. The molecule has 1 heterocycles. The number of nitrogens with zero attached hydrogens (tertiary/aromatic N) is 1. The molecule has 0 bridgehead atoms. The standard InChI is InChI=1S/C12H22N4O3S2/c1-7(16(3)4)6-15-12-10(21(5,18)19)8(13)9(20-12)11(17)14-2/h7,15H,6,13H2,1-5H3,(H,14,17). The topological polar surface area (TPSA) is 105 Å². The first kappa shape index (κ1) is 17.7. The zero-order valence-corrected chi connectivity index (χ0v) is 14.5. The monoisotopic (exact) mass is 334 g/mol. The summed E-state index contributed by atoms with van der Waals surface area (Å²) in [6, 6.07) is 0.198. The minimum Gasteiger partial charge on any atom is -0.396 e. The van der Waals surface area contributed by atoms with E-state index in [0.29, 0.717) is 11.5 Å². The summed E-state index contributed by atoms with van der Waals surface area (Å²) < 4.78 is 23.8. The van der Waals surface area contributed by atoms with Crippen LogP contribution in [-0.4, -0.2) is 59.2 Å². The zero-order chi connectivity index (χ0) is 16.4. The van der Waals surface area contributed by atoms with E-state index in [1.54, 1.807) is 0 Å². The van der Waals surface area contributed by atoms with Crippen LogP contribution in [0, 0.1) is 0 Å². The maximum atomic E-state index is 11.9. The van der Waals surface area contributed by atoms with Gasteiger partial charge in [0.15, 0.2) is 9.84 Å². The minimum atomic E-state index is -3.52. The molecule has 9 heteroatoms. The molecule has 7 nitrogen and oxygen atoms in total. The second-order valence-corrected chi connectivity index (χ2v) is 8.02.